The molecule has 13 heteroatoms. The SMILES string of the molecule is C=C(Cl)/N=C1/N=C(N2CCN(C(=O)c3cnc(OCC4(C(F)(F)F)CC4)c(C)n3)CC2)OC1=C. The first-order valence-corrected chi connectivity index (χ1v) is 10.8. The van der Waals surface area contributed by atoms with E-state index in [1.54, 1.807) is 11.8 Å². The first-order valence-electron chi connectivity index (χ1n) is 10.5. The largest absolute Gasteiger partial charge is 0.475 e. The summed E-state index contributed by atoms with van der Waals surface area (Å²) in [6, 6.07) is 0.318. The topological polar surface area (TPSA) is 92.5 Å². The van der Waals surface area contributed by atoms with Gasteiger partial charge in [0.2, 0.25) is 11.7 Å². The van der Waals surface area contributed by atoms with E-state index in [0.29, 0.717) is 32.2 Å². The Bertz CT molecular complexity index is 1090. The lowest BCUT2D eigenvalue weighted by Crippen LogP contribution is -2.50. The number of aryl methyl sites for hydroxylation is 1. The first-order chi connectivity index (χ1) is 16.0. The number of amides is 1. The summed E-state index contributed by atoms with van der Waals surface area (Å²) >= 11 is 5.68. The van der Waals surface area contributed by atoms with Crippen LogP contribution in [0.15, 0.2) is 40.3 Å². The lowest BCUT2D eigenvalue weighted by molar-refractivity contribution is -0.194. The fourth-order valence-corrected chi connectivity index (χ4v) is 3.59. The van der Waals surface area contributed by atoms with Crippen molar-refractivity contribution in [2.75, 3.05) is 32.8 Å². The predicted molar refractivity (Wildman–Crippen MR) is 118 cm³/mol. The molecule has 0 atom stereocenters. The molecule has 1 aromatic heterocycles. The van der Waals surface area contributed by atoms with E-state index in [9.17, 15) is 18.0 Å². The molecule has 34 heavy (non-hydrogen) atoms. The van der Waals surface area contributed by atoms with Crippen molar-refractivity contribution in [1.29, 1.82) is 0 Å². The minimum absolute atomic E-state index is 0.00869. The van der Waals surface area contributed by atoms with Crippen molar-refractivity contribution >= 4 is 29.4 Å². The van der Waals surface area contributed by atoms with Gasteiger partial charge < -0.3 is 19.3 Å². The van der Waals surface area contributed by atoms with Crippen molar-refractivity contribution in [2.45, 2.75) is 25.9 Å². The Hall–Kier alpha value is -3.15. The van der Waals surface area contributed by atoms with Gasteiger partial charge in [0, 0.05) is 26.2 Å². The maximum atomic E-state index is 13.1. The number of hydrogen-bond donors (Lipinski definition) is 0. The molecule has 1 saturated carbocycles. The molecule has 2 aliphatic heterocycles. The molecule has 0 unspecified atom stereocenters. The van der Waals surface area contributed by atoms with Crippen LogP contribution in [0.25, 0.3) is 0 Å². The summed E-state index contributed by atoms with van der Waals surface area (Å²) in [5.41, 5.74) is -1.46. The third kappa shape index (κ3) is 4.86. The number of aliphatic imine (C=N–C) groups is 2. The van der Waals surface area contributed by atoms with E-state index in [-0.39, 0.29) is 52.8 Å². The molecule has 0 bridgehead atoms. The van der Waals surface area contributed by atoms with Crippen LogP contribution in [-0.4, -0.2) is 76.5 Å². The summed E-state index contributed by atoms with van der Waals surface area (Å²) in [6.07, 6.45) is -3.03. The Balaban J connectivity index is 1.34. The van der Waals surface area contributed by atoms with Crippen LogP contribution in [-0.2, 0) is 4.74 Å². The summed E-state index contributed by atoms with van der Waals surface area (Å²) in [6.45, 7) is 9.88. The Morgan fingerprint density at radius 1 is 1.32 bits per heavy atom. The van der Waals surface area contributed by atoms with Gasteiger partial charge in [0.05, 0.1) is 6.20 Å². The van der Waals surface area contributed by atoms with Gasteiger partial charge in [-0.15, -0.1) is 0 Å². The highest BCUT2D eigenvalue weighted by Crippen LogP contribution is 2.57. The number of alkyl halides is 3. The zero-order valence-electron chi connectivity index (χ0n) is 18.4. The maximum absolute atomic E-state index is 13.1. The molecule has 0 N–H and O–H groups in total. The minimum Gasteiger partial charge on any atom is -0.475 e. The third-order valence-electron chi connectivity index (χ3n) is 5.79. The Morgan fingerprint density at radius 3 is 2.56 bits per heavy atom. The number of aromatic nitrogens is 2. The summed E-state index contributed by atoms with van der Waals surface area (Å²) in [5, 5.41) is 0.0559. The maximum Gasteiger partial charge on any atom is 0.397 e. The van der Waals surface area contributed by atoms with E-state index < -0.39 is 18.2 Å². The number of carbonyl (C=O) groups excluding carboxylic acids is 1. The van der Waals surface area contributed by atoms with Gasteiger partial charge in [0.1, 0.15) is 28.6 Å². The Morgan fingerprint density at radius 2 is 2.00 bits per heavy atom. The van der Waals surface area contributed by atoms with Crippen molar-refractivity contribution in [3.8, 4) is 5.88 Å². The molecular formula is C21H22ClF3N6O3. The quantitative estimate of drug-likeness (QED) is 0.579. The zero-order valence-corrected chi connectivity index (χ0v) is 19.1. The van der Waals surface area contributed by atoms with E-state index >= 15 is 0 Å². The van der Waals surface area contributed by atoms with E-state index in [1.165, 1.54) is 6.20 Å². The van der Waals surface area contributed by atoms with Crippen LogP contribution in [0.2, 0.25) is 0 Å². The fraction of sp³-hybridized carbons (Fsp3) is 0.476. The molecule has 0 radical (unpaired) electrons. The van der Waals surface area contributed by atoms with Crippen LogP contribution in [0.1, 0.15) is 29.0 Å². The number of nitrogens with zero attached hydrogens (tertiary/aromatic N) is 6. The van der Waals surface area contributed by atoms with Gasteiger partial charge >= 0.3 is 6.18 Å². The van der Waals surface area contributed by atoms with Crippen LogP contribution in [0.4, 0.5) is 13.2 Å². The van der Waals surface area contributed by atoms with Crippen LogP contribution in [0.3, 0.4) is 0 Å². The van der Waals surface area contributed by atoms with Gasteiger partial charge in [0.15, 0.2) is 5.76 Å². The smallest absolute Gasteiger partial charge is 0.397 e. The molecule has 4 rings (SSSR count). The second-order valence-electron chi connectivity index (χ2n) is 8.22. The molecule has 1 amide bonds. The number of ether oxygens (including phenoxy) is 2. The van der Waals surface area contributed by atoms with E-state index in [0.717, 1.165) is 0 Å². The number of rotatable bonds is 5. The van der Waals surface area contributed by atoms with Gasteiger partial charge in [-0.05, 0) is 19.8 Å². The lowest BCUT2D eigenvalue weighted by Gasteiger charge is -2.34. The molecule has 0 aromatic carbocycles. The molecule has 3 heterocycles. The normalized spacial score (nSPS) is 20.8. The second kappa shape index (κ2) is 8.90. The van der Waals surface area contributed by atoms with Crippen LogP contribution < -0.4 is 4.74 Å². The van der Waals surface area contributed by atoms with Crippen molar-refractivity contribution < 1.29 is 27.4 Å². The number of carbonyl (C=O) groups is 1. The second-order valence-corrected chi connectivity index (χ2v) is 8.66. The minimum atomic E-state index is -4.32. The van der Waals surface area contributed by atoms with E-state index in [4.69, 9.17) is 21.1 Å². The van der Waals surface area contributed by atoms with Gasteiger partial charge in [-0.3, -0.25) is 4.79 Å². The lowest BCUT2D eigenvalue weighted by atomic mass is 10.1. The molecule has 1 aliphatic carbocycles. The number of halogens is 4. The highest BCUT2D eigenvalue weighted by atomic mass is 35.5. The van der Waals surface area contributed by atoms with E-state index in [2.05, 4.69) is 33.1 Å². The standard InChI is InChI=1S/C21H22ClF3N6O3/c1-12-17(33-11-20(4-5-20)21(23,24)25)26-10-15(27-12)18(32)30-6-8-31(9-7-30)19-29-16(13(2)34-19)28-14(3)22/h10H,2-9,11H2,1H3/b28-16+. The van der Waals surface area contributed by atoms with Crippen LogP contribution in [0.5, 0.6) is 5.88 Å². The van der Waals surface area contributed by atoms with Gasteiger partial charge in [-0.1, -0.05) is 24.8 Å². The average molecular weight is 499 g/mol. The van der Waals surface area contributed by atoms with Gasteiger partial charge in [0.25, 0.3) is 11.9 Å². The molecule has 182 valence electrons. The summed E-state index contributed by atoms with van der Waals surface area (Å²) in [4.78, 5) is 32.8. The summed E-state index contributed by atoms with van der Waals surface area (Å²) in [5.74, 6) is 0.149. The van der Waals surface area contributed by atoms with Crippen LogP contribution >= 0.6 is 11.6 Å². The van der Waals surface area contributed by atoms with Gasteiger partial charge in [-0.2, -0.15) is 18.2 Å². The average Bonchev–Trinajstić information content (AvgIpc) is 3.50. The number of piperazine rings is 1. The molecule has 1 aromatic rings. The molecule has 2 fully saturated rings. The third-order valence-corrected chi connectivity index (χ3v) is 5.88. The zero-order chi connectivity index (χ0) is 24.7. The molecule has 1 saturated heterocycles. The highest BCUT2D eigenvalue weighted by Gasteiger charge is 2.64. The summed E-state index contributed by atoms with van der Waals surface area (Å²) in [7, 11) is 0. The van der Waals surface area contributed by atoms with Crippen molar-refractivity contribution in [3.63, 3.8) is 0 Å². The van der Waals surface area contributed by atoms with Crippen molar-refractivity contribution in [1.82, 2.24) is 19.8 Å². The van der Waals surface area contributed by atoms with Crippen molar-refractivity contribution in [2.24, 2.45) is 15.4 Å². The van der Waals surface area contributed by atoms with Gasteiger partial charge in [-0.25, -0.2) is 15.0 Å². The molecule has 3 aliphatic rings. The van der Waals surface area contributed by atoms with E-state index in [1.807, 2.05) is 4.90 Å². The Labute approximate surface area is 198 Å². The monoisotopic (exact) mass is 498 g/mol. The Kier molecular flexibility index (Phi) is 6.28. The fourth-order valence-electron chi connectivity index (χ4n) is 3.51. The first kappa shape index (κ1) is 24.0. The highest BCUT2D eigenvalue weighted by molar-refractivity contribution is 6.30. The molecular weight excluding hydrogens is 477 g/mol. The number of amidine groups is 2. The van der Waals surface area contributed by atoms with Crippen LogP contribution in [0, 0.1) is 12.3 Å². The molecule has 9 nitrogen and oxygen atoms in total. The number of hydrogen-bond acceptors (Lipinski definition) is 7. The summed E-state index contributed by atoms with van der Waals surface area (Å²) < 4.78 is 50.1. The predicted octanol–water partition coefficient (Wildman–Crippen LogP) is 3.27. The molecule has 0 spiro atoms. The van der Waals surface area contributed by atoms with Crippen molar-refractivity contribution in [3.05, 3.63) is 41.7 Å².